The SMILES string of the molecule is C=CC[n+]1c(/C=C/C=C2\N(C)c3ccccc3C2(C)C)sc2ccc(OC)cc21. The van der Waals surface area contributed by atoms with Crippen molar-refractivity contribution in [1.29, 1.82) is 0 Å². The smallest absolute Gasteiger partial charge is 0.263 e. The van der Waals surface area contributed by atoms with E-state index in [4.69, 9.17) is 4.74 Å². The molecule has 0 bridgehead atoms. The van der Waals surface area contributed by atoms with Gasteiger partial charge in [-0.25, -0.2) is 0 Å². The first-order chi connectivity index (χ1) is 14.0. The highest BCUT2D eigenvalue weighted by molar-refractivity contribution is 7.18. The predicted octanol–water partition coefficient (Wildman–Crippen LogP) is 5.71. The van der Waals surface area contributed by atoms with Crippen molar-refractivity contribution < 1.29 is 9.30 Å². The number of benzene rings is 2. The van der Waals surface area contributed by atoms with E-state index in [2.05, 4.69) is 91.6 Å². The normalized spacial score (nSPS) is 16.7. The lowest BCUT2D eigenvalue weighted by Gasteiger charge is -2.23. The lowest BCUT2D eigenvalue weighted by atomic mass is 9.84. The summed E-state index contributed by atoms with van der Waals surface area (Å²) in [5, 5.41) is 1.20. The van der Waals surface area contributed by atoms with Gasteiger partial charge in [-0.3, -0.25) is 0 Å². The molecule has 1 aromatic heterocycles. The van der Waals surface area contributed by atoms with Crippen LogP contribution in [0.5, 0.6) is 5.75 Å². The Morgan fingerprint density at radius 3 is 2.72 bits per heavy atom. The average Bonchev–Trinajstić information content (AvgIpc) is 3.16. The minimum absolute atomic E-state index is 0.0136. The molecule has 1 aliphatic rings. The fraction of sp³-hybridized carbons (Fsp3) is 0.240. The Bertz CT molecular complexity index is 1140. The molecule has 0 N–H and O–H groups in total. The van der Waals surface area contributed by atoms with Crippen molar-refractivity contribution in [2.24, 2.45) is 0 Å². The van der Waals surface area contributed by atoms with Crippen LogP contribution >= 0.6 is 11.3 Å². The summed E-state index contributed by atoms with van der Waals surface area (Å²) in [4.78, 5) is 2.30. The fourth-order valence-electron chi connectivity index (χ4n) is 4.17. The van der Waals surface area contributed by atoms with Crippen LogP contribution in [0.1, 0.15) is 24.4 Å². The maximum absolute atomic E-state index is 5.41. The molecule has 29 heavy (non-hydrogen) atoms. The number of methoxy groups -OCH3 is 1. The first kappa shape index (κ1) is 19.5. The molecule has 2 aromatic carbocycles. The molecule has 0 fully saturated rings. The third-order valence-corrected chi connectivity index (χ3v) is 6.81. The van der Waals surface area contributed by atoms with Crippen LogP contribution in [0.25, 0.3) is 16.3 Å². The number of para-hydroxylation sites is 1. The minimum Gasteiger partial charge on any atom is -0.497 e. The van der Waals surface area contributed by atoms with Gasteiger partial charge < -0.3 is 9.64 Å². The van der Waals surface area contributed by atoms with Crippen molar-refractivity contribution in [3.05, 3.63) is 83.5 Å². The summed E-state index contributed by atoms with van der Waals surface area (Å²) in [5.41, 5.74) is 5.12. The van der Waals surface area contributed by atoms with E-state index in [0.717, 1.165) is 12.3 Å². The number of rotatable bonds is 5. The molecule has 0 unspecified atom stereocenters. The predicted molar refractivity (Wildman–Crippen MR) is 124 cm³/mol. The molecule has 2 heterocycles. The van der Waals surface area contributed by atoms with E-state index >= 15 is 0 Å². The monoisotopic (exact) mass is 403 g/mol. The molecule has 4 heteroatoms. The third kappa shape index (κ3) is 3.28. The lowest BCUT2D eigenvalue weighted by Crippen LogP contribution is -2.33. The van der Waals surface area contributed by atoms with Gasteiger partial charge in [0.1, 0.15) is 10.4 Å². The number of nitrogens with zero attached hydrogens (tertiary/aromatic N) is 2. The molecular formula is C25H27N2OS+. The first-order valence-corrected chi connectivity index (χ1v) is 10.6. The Morgan fingerprint density at radius 2 is 2.00 bits per heavy atom. The number of hydrogen-bond acceptors (Lipinski definition) is 3. The van der Waals surface area contributed by atoms with Crippen LogP contribution in [-0.2, 0) is 12.0 Å². The molecule has 3 nitrogen and oxygen atoms in total. The fourth-order valence-corrected chi connectivity index (χ4v) is 5.24. The molecule has 1 aliphatic heterocycles. The van der Waals surface area contributed by atoms with E-state index in [-0.39, 0.29) is 5.41 Å². The van der Waals surface area contributed by atoms with Gasteiger partial charge in [0.15, 0.2) is 6.54 Å². The molecule has 0 saturated heterocycles. The average molecular weight is 404 g/mol. The Labute approximate surface area is 176 Å². The van der Waals surface area contributed by atoms with Crippen LogP contribution in [0.15, 0.2) is 73.0 Å². The minimum atomic E-state index is -0.0136. The molecule has 0 radical (unpaired) electrons. The van der Waals surface area contributed by atoms with Crippen LogP contribution in [0.2, 0.25) is 0 Å². The topological polar surface area (TPSA) is 16.4 Å². The van der Waals surface area contributed by atoms with Crippen LogP contribution in [0, 0.1) is 0 Å². The van der Waals surface area contributed by atoms with Crippen LogP contribution in [-0.4, -0.2) is 14.2 Å². The number of ether oxygens (including phenoxy) is 1. The van der Waals surface area contributed by atoms with Gasteiger partial charge >= 0.3 is 0 Å². The maximum Gasteiger partial charge on any atom is 0.263 e. The van der Waals surface area contributed by atoms with Crippen molar-refractivity contribution in [3.63, 3.8) is 0 Å². The van der Waals surface area contributed by atoms with Gasteiger partial charge in [0, 0.05) is 29.9 Å². The molecule has 4 rings (SSSR count). The number of thiazole rings is 1. The van der Waals surface area contributed by atoms with Gasteiger partial charge in [0.05, 0.1) is 13.2 Å². The van der Waals surface area contributed by atoms with Crippen molar-refractivity contribution >= 4 is 33.3 Å². The van der Waals surface area contributed by atoms with E-state index in [1.807, 2.05) is 12.1 Å². The Morgan fingerprint density at radius 1 is 1.21 bits per heavy atom. The number of aromatic nitrogens is 1. The van der Waals surface area contributed by atoms with Crippen LogP contribution in [0.3, 0.4) is 0 Å². The van der Waals surface area contributed by atoms with E-state index in [9.17, 15) is 0 Å². The highest BCUT2D eigenvalue weighted by Crippen LogP contribution is 2.46. The van der Waals surface area contributed by atoms with Crippen LogP contribution in [0.4, 0.5) is 5.69 Å². The highest BCUT2D eigenvalue weighted by atomic mass is 32.1. The van der Waals surface area contributed by atoms with Crippen molar-refractivity contribution in [1.82, 2.24) is 0 Å². The Balaban J connectivity index is 1.72. The summed E-state index contributed by atoms with van der Waals surface area (Å²) < 4.78 is 8.93. The largest absolute Gasteiger partial charge is 0.497 e. The molecule has 0 atom stereocenters. The molecule has 0 amide bonds. The quantitative estimate of drug-likeness (QED) is 0.401. The third-order valence-electron chi connectivity index (χ3n) is 5.68. The van der Waals surface area contributed by atoms with E-state index in [0.29, 0.717) is 0 Å². The summed E-state index contributed by atoms with van der Waals surface area (Å²) in [7, 11) is 3.85. The van der Waals surface area contributed by atoms with Gasteiger partial charge in [0.25, 0.3) is 5.01 Å². The summed E-state index contributed by atoms with van der Waals surface area (Å²) in [6, 6.07) is 14.9. The highest BCUT2D eigenvalue weighted by Gasteiger charge is 2.37. The summed E-state index contributed by atoms with van der Waals surface area (Å²) >= 11 is 1.78. The van der Waals surface area contributed by atoms with Gasteiger partial charge in [-0.05, 0) is 35.9 Å². The summed E-state index contributed by atoms with van der Waals surface area (Å²) in [6.45, 7) is 9.28. The molecule has 148 valence electrons. The second-order valence-corrected chi connectivity index (χ2v) is 8.85. The number of allylic oxidation sites excluding steroid dienone is 4. The van der Waals surface area contributed by atoms with Crippen LogP contribution < -0.4 is 14.2 Å². The van der Waals surface area contributed by atoms with Gasteiger partial charge in [-0.15, -0.1) is 0 Å². The number of anilines is 1. The molecular weight excluding hydrogens is 376 g/mol. The van der Waals surface area contributed by atoms with E-state index in [1.165, 1.54) is 32.2 Å². The standard InChI is InChI=1S/C25H27N2OS/c1-6-16-27-21-17-18(28-5)14-15-22(21)29-24(27)13-9-12-23-25(2,3)19-10-7-8-11-20(19)26(23)4/h6-15,17H,1,16H2,2-5H3/q+1. The lowest BCUT2D eigenvalue weighted by molar-refractivity contribution is -0.658. The number of fused-ring (bicyclic) bond motifs is 2. The second kappa shape index (κ2) is 7.53. The zero-order chi connectivity index (χ0) is 20.6. The van der Waals surface area contributed by atoms with Crippen molar-refractivity contribution in [2.75, 3.05) is 19.1 Å². The molecule has 0 spiro atoms. The molecule has 0 aliphatic carbocycles. The van der Waals surface area contributed by atoms with Gasteiger partial charge in [-0.1, -0.05) is 56.0 Å². The summed E-state index contributed by atoms with van der Waals surface area (Å²) in [5.74, 6) is 0.873. The Kier molecular flexibility index (Phi) is 5.05. The van der Waals surface area contributed by atoms with Crippen molar-refractivity contribution in [2.45, 2.75) is 25.8 Å². The first-order valence-electron chi connectivity index (χ1n) is 9.80. The Hall–Kier alpha value is -2.85. The maximum atomic E-state index is 5.41. The van der Waals surface area contributed by atoms with E-state index in [1.54, 1.807) is 18.4 Å². The number of likely N-dealkylation sites (N-methyl/N-ethyl adjacent to an activating group) is 1. The van der Waals surface area contributed by atoms with Gasteiger partial charge in [-0.2, -0.15) is 4.57 Å². The summed E-state index contributed by atoms with van der Waals surface area (Å²) in [6.07, 6.45) is 8.54. The number of hydrogen-bond donors (Lipinski definition) is 0. The second-order valence-electron chi connectivity index (χ2n) is 7.79. The molecule has 3 aromatic rings. The van der Waals surface area contributed by atoms with Gasteiger partial charge in [0.2, 0.25) is 5.52 Å². The van der Waals surface area contributed by atoms with Crippen molar-refractivity contribution in [3.8, 4) is 5.75 Å². The zero-order valence-electron chi connectivity index (χ0n) is 17.5. The molecule has 0 saturated carbocycles. The zero-order valence-corrected chi connectivity index (χ0v) is 18.3. The van der Waals surface area contributed by atoms with E-state index < -0.39 is 0 Å².